The molecule has 3 aromatic carbocycles. The van der Waals surface area contributed by atoms with E-state index in [0.717, 1.165) is 4.31 Å². The molecule has 1 N–H and O–H groups in total. The van der Waals surface area contributed by atoms with Crippen LogP contribution in [0.25, 0.3) is 0 Å². The smallest absolute Gasteiger partial charge is 0.264 e. The number of methoxy groups -OCH3 is 2. The molecule has 9 nitrogen and oxygen atoms in total. The molecule has 0 heterocycles. The highest BCUT2D eigenvalue weighted by molar-refractivity contribution is 7.92. The second-order valence-corrected chi connectivity index (χ2v) is 10.9. The SMILES string of the molecule is CCNC(=O)C(C)N(Cc1cccc(OC)c1)C(=O)CN(c1ccc(OC)c(Cl)c1)S(=O)(=O)c1ccccc1. The summed E-state index contributed by atoms with van der Waals surface area (Å²) >= 11 is 6.32. The van der Waals surface area contributed by atoms with Crippen LogP contribution < -0.4 is 19.1 Å². The molecule has 0 fully saturated rings. The molecular weight excluding hydrogens is 542 g/mol. The van der Waals surface area contributed by atoms with E-state index in [1.54, 1.807) is 56.3 Å². The third-order valence-electron chi connectivity index (χ3n) is 6.04. The molecule has 0 aromatic heterocycles. The molecule has 0 bridgehead atoms. The largest absolute Gasteiger partial charge is 0.497 e. The molecule has 0 aliphatic rings. The number of likely N-dealkylation sites (N-methyl/N-ethyl adjacent to an activating group) is 1. The number of carbonyl (C=O) groups excluding carboxylic acids is 2. The standard InChI is InChI=1S/C28H32ClN3O6S/c1-5-30-28(34)20(2)31(18-21-10-9-11-23(16-21)37-3)27(33)19-32(22-14-15-26(38-4)25(29)17-22)39(35,36)24-12-7-6-8-13-24/h6-17,20H,5,18-19H2,1-4H3,(H,30,34). The monoisotopic (exact) mass is 573 g/mol. The molecule has 0 aliphatic carbocycles. The van der Waals surface area contributed by atoms with Gasteiger partial charge in [-0.25, -0.2) is 8.42 Å². The molecule has 208 valence electrons. The molecule has 0 aliphatic heterocycles. The third kappa shape index (κ3) is 7.21. The van der Waals surface area contributed by atoms with Crippen LogP contribution in [-0.4, -0.2) is 58.5 Å². The first-order chi connectivity index (χ1) is 18.6. The summed E-state index contributed by atoms with van der Waals surface area (Å²) < 4.78 is 39.1. The predicted molar refractivity (Wildman–Crippen MR) is 151 cm³/mol. The van der Waals surface area contributed by atoms with Crippen molar-refractivity contribution in [2.45, 2.75) is 31.3 Å². The maximum atomic E-state index is 13.9. The van der Waals surface area contributed by atoms with Crippen molar-refractivity contribution in [3.05, 3.63) is 83.4 Å². The van der Waals surface area contributed by atoms with E-state index in [2.05, 4.69) is 5.32 Å². The average molecular weight is 574 g/mol. The first-order valence-electron chi connectivity index (χ1n) is 12.2. The molecule has 3 aromatic rings. The van der Waals surface area contributed by atoms with Crippen molar-refractivity contribution in [3.63, 3.8) is 0 Å². The summed E-state index contributed by atoms with van der Waals surface area (Å²) in [5, 5.41) is 2.91. The summed E-state index contributed by atoms with van der Waals surface area (Å²) in [7, 11) is -1.21. The minimum Gasteiger partial charge on any atom is -0.497 e. The Morgan fingerprint density at radius 2 is 1.69 bits per heavy atom. The number of nitrogens with one attached hydrogen (secondary N) is 1. The van der Waals surface area contributed by atoms with Crippen LogP contribution in [0.4, 0.5) is 5.69 Å². The molecule has 0 radical (unpaired) electrons. The molecule has 1 atom stereocenters. The van der Waals surface area contributed by atoms with Gasteiger partial charge in [0.15, 0.2) is 0 Å². The number of sulfonamides is 1. The number of nitrogens with zero attached hydrogens (tertiary/aromatic N) is 2. The van der Waals surface area contributed by atoms with Gasteiger partial charge in [-0.15, -0.1) is 0 Å². The number of amides is 2. The average Bonchev–Trinajstić information content (AvgIpc) is 2.94. The quantitative estimate of drug-likeness (QED) is 0.350. The van der Waals surface area contributed by atoms with Crippen molar-refractivity contribution < 1.29 is 27.5 Å². The van der Waals surface area contributed by atoms with E-state index in [0.29, 0.717) is 23.6 Å². The second kappa shape index (κ2) is 13.3. The third-order valence-corrected chi connectivity index (χ3v) is 8.12. The Morgan fingerprint density at radius 3 is 2.31 bits per heavy atom. The summed E-state index contributed by atoms with van der Waals surface area (Å²) in [5.74, 6) is 0.00163. The lowest BCUT2D eigenvalue weighted by Crippen LogP contribution is -2.51. The van der Waals surface area contributed by atoms with Gasteiger partial charge in [0, 0.05) is 13.1 Å². The summed E-state index contributed by atoms with van der Waals surface area (Å²) in [4.78, 5) is 28.0. The molecule has 2 amide bonds. The van der Waals surface area contributed by atoms with Gasteiger partial charge in [0.1, 0.15) is 24.1 Å². The van der Waals surface area contributed by atoms with Gasteiger partial charge in [0.2, 0.25) is 11.8 Å². The molecular formula is C28H32ClN3O6S. The maximum Gasteiger partial charge on any atom is 0.264 e. The number of ether oxygens (including phenoxy) is 2. The van der Waals surface area contributed by atoms with Gasteiger partial charge in [0.25, 0.3) is 10.0 Å². The number of hydrogen-bond acceptors (Lipinski definition) is 6. The lowest BCUT2D eigenvalue weighted by Gasteiger charge is -2.32. The topological polar surface area (TPSA) is 105 Å². The van der Waals surface area contributed by atoms with E-state index < -0.39 is 28.5 Å². The minimum atomic E-state index is -4.19. The Labute approximate surface area is 234 Å². The summed E-state index contributed by atoms with van der Waals surface area (Å²) in [6.07, 6.45) is 0. The molecule has 0 saturated heterocycles. The first kappa shape index (κ1) is 29.8. The number of anilines is 1. The van der Waals surface area contributed by atoms with Crippen molar-refractivity contribution in [2.75, 3.05) is 31.6 Å². The summed E-state index contributed by atoms with van der Waals surface area (Å²) in [6, 6.07) is 18.5. The van der Waals surface area contributed by atoms with Crippen LogP contribution in [0.15, 0.2) is 77.7 Å². The molecule has 3 rings (SSSR count). The minimum absolute atomic E-state index is 0.000797. The highest BCUT2D eigenvalue weighted by Crippen LogP contribution is 2.32. The normalized spacial score (nSPS) is 11.8. The zero-order chi connectivity index (χ0) is 28.6. The van der Waals surface area contributed by atoms with E-state index in [-0.39, 0.29) is 28.1 Å². The Bertz CT molecular complexity index is 1400. The number of benzene rings is 3. The predicted octanol–water partition coefficient (Wildman–Crippen LogP) is 4.11. The number of halogens is 1. The van der Waals surface area contributed by atoms with Crippen LogP contribution in [0, 0.1) is 0 Å². The summed E-state index contributed by atoms with van der Waals surface area (Å²) in [5.41, 5.74) is 0.883. The van der Waals surface area contributed by atoms with Crippen molar-refractivity contribution in [1.82, 2.24) is 10.2 Å². The van der Waals surface area contributed by atoms with E-state index in [1.807, 2.05) is 0 Å². The molecule has 11 heteroatoms. The van der Waals surface area contributed by atoms with Gasteiger partial charge in [-0.1, -0.05) is 41.9 Å². The molecule has 1 unspecified atom stereocenters. The fraction of sp³-hybridized carbons (Fsp3) is 0.286. The Morgan fingerprint density at radius 1 is 0.974 bits per heavy atom. The first-order valence-corrected chi connectivity index (χ1v) is 14.1. The lowest BCUT2D eigenvalue weighted by atomic mass is 10.1. The number of hydrogen-bond donors (Lipinski definition) is 1. The van der Waals surface area contributed by atoms with Crippen LogP contribution >= 0.6 is 11.6 Å². The van der Waals surface area contributed by atoms with Crippen LogP contribution in [0.3, 0.4) is 0 Å². The van der Waals surface area contributed by atoms with Crippen LogP contribution in [0.2, 0.25) is 5.02 Å². The number of carbonyl (C=O) groups is 2. The highest BCUT2D eigenvalue weighted by Gasteiger charge is 2.32. The second-order valence-electron chi connectivity index (χ2n) is 8.59. The zero-order valence-corrected chi connectivity index (χ0v) is 23.8. The highest BCUT2D eigenvalue weighted by atomic mass is 35.5. The molecule has 0 saturated carbocycles. The number of rotatable bonds is 12. The van der Waals surface area contributed by atoms with Crippen molar-refractivity contribution in [1.29, 1.82) is 0 Å². The van der Waals surface area contributed by atoms with Gasteiger partial charge in [-0.3, -0.25) is 13.9 Å². The molecule has 39 heavy (non-hydrogen) atoms. The van der Waals surface area contributed by atoms with E-state index in [9.17, 15) is 18.0 Å². The summed E-state index contributed by atoms with van der Waals surface area (Å²) in [6.45, 7) is 3.23. The van der Waals surface area contributed by atoms with Gasteiger partial charge in [0.05, 0.1) is 29.8 Å². The zero-order valence-electron chi connectivity index (χ0n) is 22.3. The van der Waals surface area contributed by atoms with Gasteiger partial charge >= 0.3 is 0 Å². The fourth-order valence-corrected chi connectivity index (χ4v) is 5.61. The van der Waals surface area contributed by atoms with Crippen LogP contribution in [0.1, 0.15) is 19.4 Å². The van der Waals surface area contributed by atoms with Gasteiger partial charge < -0.3 is 19.7 Å². The van der Waals surface area contributed by atoms with E-state index in [4.69, 9.17) is 21.1 Å². The van der Waals surface area contributed by atoms with E-state index >= 15 is 0 Å². The van der Waals surface area contributed by atoms with Gasteiger partial charge in [-0.2, -0.15) is 0 Å². The fourth-order valence-electron chi connectivity index (χ4n) is 3.93. The Hall–Kier alpha value is -3.76. The van der Waals surface area contributed by atoms with E-state index in [1.165, 1.54) is 49.5 Å². The Balaban J connectivity index is 2.06. The maximum absolute atomic E-state index is 13.9. The van der Waals surface area contributed by atoms with Crippen LogP contribution in [0.5, 0.6) is 11.5 Å². The Kier molecular flexibility index (Phi) is 10.2. The van der Waals surface area contributed by atoms with Crippen molar-refractivity contribution in [3.8, 4) is 11.5 Å². The van der Waals surface area contributed by atoms with Gasteiger partial charge in [-0.05, 0) is 61.9 Å². The van der Waals surface area contributed by atoms with Crippen molar-refractivity contribution >= 4 is 39.1 Å². The molecule has 0 spiro atoms. The lowest BCUT2D eigenvalue weighted by molar-refractivity contribution is -0.139. The van der Waals surface area contributed by atoms with Crippen molar-refractivity contribution in [2.24, 2.45) is 0 Å². The van der Waals surface area contributed by atoms with Crippen LogP contribution in [-0.2, 0) is 26.2 Å².